The maximum atomic E-state index is 12.9. The minimum atomic E-state index is -0.132. The monoisotopic (exact) mass is 421 g/mol. The minimum Gasteiger partial charge on any atom is -0.355 e. The van der Waals surface area contributed by atoms with Gasteiger partial charge in [0.1, 0.15) is 5.52 Å². The smallest absolute Gasteiger partial charge is 0.276 e. The molecule has 1 aliphatic rings. The highest BCUT2D eigenvalue weighted by atomic mass is 16.2. The van der Waals surface area contributed by atoms with Crippen molar-refractivity contribution in [3.63, 3.8) is 0 Å². The molecule has 2 aromatic heterocycles. The summed E-state index contributed by atoms with van der Waals surface area (Å²) < 4.78 is 3.21. The van der Waals surface area contributed by atoms with Crippen molar-refractivity contribution in [3.05, 3.63) is 58.1 Å². The van der Waals surface area contributed by atoms with Crippen LogP contribution < -0.4 is 10.9 Å². The summed E-state index contributed by atoms with van der Waals surface area (Å²) in [6.07, 6.45) is 7.57. The first-order valence-electron chi connectivity index (χ1n) is 11.2. The zero-order valence-corrected chi connectivity index (χ0v) is 18.4. The molecule has 1 N–H and O–H groups in total. The van der Waals surface area contributed by atoms with Crippen molar-refractivity contribution in [2.24, 2.45) is 0 Å². The molecule has 0 aliphatic carbocycles. The zero-order chi connectivity index (χ0) is 21.8. The highest BCUT2D eigenvalue weighted by Gasteiger charge is 2.13. The van der Waals surface area contributed by atoms with Gasteiger partial charge in [-0.1, -0.05) is 30.2 Å². The Morgan fingerprint density at radius 1 is 1.06 bits per heavy atom. The number of nitrogens with zero attached hydrogens (tertiary/aromatic N) is 4. The summed E-state index contributed by atoms with van der Waals surface area (Å²) in [5.74, 6) is -0.0201. The molecule has 0 radical (unpaired) electrons. The SMILES string of the molecule is Cc1ccc(-c2cc3c(=O)n(CCC(=O)NCCN4CCCCC4)ccn3n2)c(C)c1. The number of benzene rings is 1. The van der Waals surface area contributed by atoms with E-state index in [9.17, 15) is 9.59 Å². The fourth-order valence-electron chi connectivity index (χ4n) is 4.28. The molecule has 1 fully saturated rings. The molecule has 4 rings (SSSR count). The summed E-state index contributed by atoms with van der Waals surface area (Å²) in [6, 6.07) is 8.03. The van der Waals surface area contributed by atoms with Gasteiger partial charge in [-0.05, 0) is 51.4 Å². The molecule has 7 nitrogen and oxygen atoms in total. The van der Waals surface area contributed by atoms with Crippen LogP contribution in [0.4, 0.5) is 0 Å². The Labute approximate surface area is 182 Å². The molecule has 0 atom stereocenters. The van der Waals surface area contributed by atoms with Crippen LogP contribution in [0.1, 0.15) is 36.8 Å². The number of piperidine rings is 1. The standard InChI is InChI=1S/C24H31N5O2/c1-18-6-7-20(19(2)16-18)21-17-22-24(31)28(14-15-29(22)26-21)12-8-23(30)25-9-13-27-10-4-3-5-11-27/h6-7,14-17H,3-5,8-13H2,1-2H3,(H,25,30). The number of carbonyl (C=O) groups is 1. The first kappa shape index (κ1) is 21.3. The van der Waals surface area contributed by atoms with Crippen LogP contribution in [0.5, 0.6) is 0 Å². The van der Waals surface area contributed by atoms with Crippen molar-refractivity contribution in [2.45, 2.75) is 46.1 Å². The lowest BCUT2D eigenvalue weighted by atomic mass is 10.0. The number of amides is 1. The predicted molar refractivity (Wildman–Crippen MR) is 122 cm³/mol. The maximum Gasteiger partial charge on any atom is 0.276 e. The molecule has 164 valence electrons. The minimum absolute atomic E-state index is 0.0201. The van der Waals surface area contributed by atoms with Crippen molar-refractivity contribution in [3.8, 4) is 11.3 Å². The largest absolute Gasteiger partial charge is 0.355 e. The second-order valence-corrected chi connectivity index (χ2v) is 8.48. The van der Waals surface area contributed by atoms with Gasteiger partial charge < -0.3 is 14.8 Å². The first-order valence-corrected chi connectivity index (χ1v) is 11.2. The molecule has 0 unspecified atom stereocenters. The van der Waals surface area contributed by atoms with Crippen LogP contribution in [0.3, 0.4) is 0 Å². The molecular weight excluding hydrogens is 390 g/mol. The lowest BCUT2D eigenvalue weighted by Gasteiger charge is -2.26. The lowest BCUT2D eigenvalue weighted by Crippen LogP contribution is -2.38. The van der Waals surface area contributed by atoms with E-state index in [1.807, 2.05) is 12.1 Å². The van der Waals surface area contributed by atoms with Gasteiger partial charge in [0.25, 0.3) is 5.56 Å². The number of rotatable bonds is 7. The predicted octanol–water partition coefficient (Wildman–Crippen LogP) is 2.77. The third-order valence-corrected chi connectivity index (χ3v) is 6.04. The lowest BCUT2D eigenvalue weighted by molar-refractivity contribution is -0.121. The van der Waals surface area contributed by atoms with E-state index >= 15 is 0 Å². The highest BCUT2D eigenvalue weighted by molar-refractivity contribution is 5.75. The van der Waals surface area contributed by atoms with E-state index in [2.05, 4.69) is 41.3 Å². The van der Waals surface area contributed by atoms with E-state index in [1.54, 1.807) is 21.5 Å². The molecular formula is C24H31N5O2. The number of fused-ring (bicyclic) bond motifs is 1. The molecule has 1 saturated heterocycles. The van der Waals surface area contributed by atoms with E-state index in [4.69, 9.17) is 0 Å². The number of nitrogens with one attached hydrogen (secondary N) is 1. The van der Waals surface area contributed by atoms with Gasteiger partial charge in [0.05, 0.1) is 5.69 Å². The van der Waals surface area contributed by atoms with Crippen molar-refractivity contribution in [1.29, 1.82) is 0 Å². The third kappa shape index (κ3) is 5.05. The van der Waals surface area contributed by atoms with Crippen molar-refractivity contribution in [1.82, 2.24) is 24.4 Å². The molecule has 3 heterocycles. The molecule has 0 bridgehead atoms. The van der Waals surface area contributed by atoms with Crippen LogP contribution in [0.25, 0.3) is 16.8 Å². The summed E-state index contributed by atoms with van der Waals surface area (Å²) >= 11 is 0. The Balaban J connectivity index is 1.38. The van der Waals surface area contributed by atoms with E-state index < -0.39 is 0 Å². The van der Waals surface area contributed by atoms with Gasteiger partial charge in [-0.3, -0.25) is 9.59 Å². The van der Waals surface area contributed by atoms with Crippen LogP contribution in [0.15, 0.2) is 41.5 Å². The van der Waals surface area contributed by atoms with Crippen molar-refractivity contribution >= 4 is 11.4 Å². The summed E-state index contributed by atoms with van der Waals surface area (Å²) in [4.78, 5) is 27.5. The number of hydrogen-bond acceptors (Lipinski definition) is 4. The quantitative estimate of drug-likeness (QED) is 0.637. The molecule has 1 aromatic carbocycles. The number of likely N-dealkylation sites (tertiary alicyclic amines) is 1. The van der Waals surface area contributed by atoms with Gasteiger partial charge in [-0.2, -0.15) is 5.10 Å². The second kappa shape index (κ2) is 9.47. The highest BCUT2D eigenvalue weighted by Crippen LogP contribution is 2.23. The number of aromatic nitrogens is 3. The molecule has 1 aliphatic heterocycles. The van der Waals surface area contributed by atoms with E-state index in [0.29, 0.717) is 18.6 Å². The van der Waals surface area contributed by atoms with Crippen LogP contribution in [0, 0.1) is 13.8 Å². The van der Waals surface area contributed by atoms with Crippen LogP contribution in [-0.4, -0.2) is 51.2 Å². The van der Waals surface area contributed by atoms with Gasteiger partial charge in [-0.25, -0.2) is 4.52 Å². The van der Waals surface area contributed by atoms with E-state index in [0.717, 1.165) is 36.5 Å². The fourth-order valence-corrected chi connectivity index (χ4v) is 4.28. The van der Waals surface area contributed by atoms with Crippen LogP contribution in [-0.2, 0) is 11.3 Å². The Hall–Kier alpha value is -2.93. The Morgan fingerprint density at radius 3 is 2.65 bits per heavy atom. The molecule has 3 aromatic rings. The normalized spacial score (nSPS) is 14.8. The van der Waals surface area contributed by atoms with Crippen LogP contribution in [0.2, 0.25) is 0 Å². The van der Waals surface area contributed by atoms with Gasteiger partial charge in [0.15, 0.2) is 0 Å². The molecule has 0 saturated carbocycles. The number of hydrogen-bond donors (Lipinski definition) is 1. The van der Waals surface area contributed by atoms with Gasteiger partial charge in [0, 0.05) is 44.0 Å². The average Bonchev–Trinajstić information content (AvgIpc) is 3.19. The van der Waals surface area contributed by atoms with Gasteiger partial charge in [-0.15, -0.1) is 0 Å². The molecule has 0 spiro atoms. The fraction of sp³-hybridized carbons (Fsp3) is 0.458. The van der Waals surface area contributed by atoms with E-state index in [1.165, 1.54) is 24.8 Å². The van der Waals surface area contributed by atoms with Crippen molar-refractivity contribution < 1.29 is 4.79 Å². The Kier molecular flexibility index (Phi) is 6.51. The maximum absolute atomic E-state index is 12.9. The van der Waals surface area contributed by atoms with Crippen molar-refractivity contribution in [2.75, 3.05) is 26.2 Å². The molecule has 1 amide bonds. The molecule has 7 heteroatoms. The Bertz CT molecular complexity index is 1120. The summed E-state index contributed by atoms with van der Waals surface area (Å²) in [5, 5.41) is 7.55. The average molecular weight is 422 g/mol. The number of carbonyl (C=O) groups excluding carboxylic acids is 1. The van der Waals surface area contributed by atoms with Crippen LogP contribution >= 0.6 is 0 Å². The zero-order valence-electron chi connectivity index (χ0n) is 18.4. The Morgan fingerprint density at radius 2 is 1.87 bits per heavy atom. The third-order valence-electron chi connectivity index (χ3n) is 6.04. The summed E-state index contributed by atoms with van der Waals surface area (Å²) in [6.45, 7) is 8.28. The summed E-state index contributed by atoms with van der Waals surface area (Å²) in [7, 11) is 0. The van der Waals surface area contributed by atoms with E-state index in [-0.39, 0.29) is 17.9 Å². The number of aryl methyl sites for hydroxylation is 3. The molecule has 31 heavy (non-hydrogen) atoms. The van der Waals surface area contributed by atoms with Gasteiger partial charge in [0.2, 0.25) is 5.91 Å². The van der Waals surface area contributed by atoms with Gasteiger partial charge >= 0.3 is 0 Å². The topological polar surface area (TPSA) is 71.6 Å². The summed E-state index contributed by atoms with van der Waals surface area (Å²) in [5.41, 5.74) is 4.51. The second-order valence-electron chi connectivity index (χ2n) is 8.48. The first-order chi connectivity index (χ1) is 15.0.